The first-order valence-corrected chi connectivity index (χ1v) is 7.85. The van der Waals surface area contributed by atoms with Gasteiger partial charge in [-0.05, 0) is 54.7 Å². The molecule has 2 aromatic carbocycles. The predicted molar refractivity (Wildman–Crippen MR) is 88.9 cm³/mol. The zero-order valence-corrected chi connectivity index (χ0v) is 14.0. The van der Waals surface area contributed by atoms with Crippen LogP contribution in [0.4, 0.5) is 0 Å². The lowest BCUT2D eigenvalue weighted by atomic mass is 9.92. The number of carboxylic acids is 1. The summed E-state index contributed by atoms with van der Waals surface area (Å²) in [5.74, 6) is -1.29. The van der Waals surface area contributed by atoms with Gasteiger partial charge in [0.05, 0.1) is 5.92 Å². The van der Waals surface area contributed by atoms with Gasteiger partial charge >= 0.3 is 5.97 Å². The van der Waals surface area contributed by atoms with Gasteiger partial charge in [-0.1, -0.05) is 51.8 Å². The van der Waals surface area contributed by atoms with Crippen LogP contribution in [-0.4, -0.2) is 11.1 Å². The van der Waals surface area contributed by atoms with Crippen molar-refractivity contribution in [1.82, 2.24) is 0 Å². The maximum absolute atomic E-state index is 11.5. The maximum atomic E-state index is 11.5. The van der Waals surface area contributed by atoms with E-state index in [-0.39, 0.29) is 0 Å². The molecule has 0 saturated carbocycles. The topological polar surface area (TPSA) is 37.3 Å². The van der Waals surface area contributed by atoms with Gasteiger partial charge in [0.1, 0.15) is 0 Å². The third kappa shape index (κ3) is 4.58. The van der Waals surface area contributed by atoms with Crippen LogP contribution in [-0.2, 0) is 17.6 Å². The molecule has 0 saturated heterocycles. The average molecular weight is 368 g/mol. The monoisotopic (exact) mass is 366 g/mol. The number of hydrogen-bond donors (Lipinski definition) is 1. The second kappa shape index (κ2) is 7.10. The van der Waals surface area contributed by atoms with Gasteiger partial charge in [-0.2, -0.15) is 0 Å². The van der Waals surface area contributed by atoms with Crippen LogP contribution in [0, 0.1) is 12.8 Å². The molecule has 0 amide bonds. The van der Waals surface area contributed by atoms with E-state index in [1.54, 1.807) is 0 Å². The van der Waals surface area contributed by atoms with E-state index in [0.29, 0.717) is 17.9 Å². The Morgan fingerprint density at radius 2 is 2.00 bits per heavy atom. The summed E-state index contributed by atoms with van der Waals surface area (Å²) in [6, 6.07) is 13.5. The van der Waals surface area contributed by atoms with Crippen molar-refractivity contribution in [2.24, 2.45) is 5.92 Å². The smallest absolute Gasteiger partial charge is 0.307 e. The number of carboxylic acid groups (broad SMARTS) is 1. The highest BCUT2D eigenvalue weighted by molar-refractivity contribution is 9.10. The van der Waals surface area contributed by atoms with Crippen molar-refractivity contribution >= 4 is 33.5 Å². The van der Waals surface area contributed by atoms with Crippen LogP contribution in [0.2, 0.25) is 5.02 Å². The Morgan fingerprint density at radius 3 is 2.62 bits per heavy atom. The molecule has 4 heteroatoms. The van der Waals surface area contributed by atoms with Gasteiger partial charge in [-0.25, -0.2) is 0 Å². The highest BCUT2D eigenvalue weighted by Gasteiger charge is 2.20. The zero-order valence-electron chi connectivity index (χ0n) is 11.6. The van der Waals surface area contributed by atoms with Gasteiger partial charge < -0.3 is 5.11 Å². The van der Waals surface area contributed by atoms with Crippen LogP contribution in [0.1, 0.15) is 16.7 Å². The third-order valence-electron chi connectivity index (χ3n) is 3.40. The number of benzene rings is 2. The summed E-state index contributed by atoms with van der Waals surface area (Å²) in [5.41, 5.74) is 2.95. The van der Waals surface area contributed by atoms with Gasteiger partial charge in [-0.3, -0.25) is 4.79 Å². The van der Waals surface area contributed by atoms with Crippen molar-refractivity contribution in [3.63, 3.8) is 0 Å². The molecule has 0 aliphatic heterocycles. The van der Waals surface area contributed by atoms with Gasteiger partial charge in [0.15, 0.2) is 0 Å². The minimum atomic E-state index is -0.799. The molecule has 0 bridgehead atoms. The Morgan fingerprint density at radius 1 is 1.24 bits per heavy atom. The third-order valence-corrected chi connectivity index (χ3v) is 4.24. The largest absolute Gasteiger partial charge is 0.481 e. The molecule has 0 aromatic heterocycles. The SMILES string of the molecule is Cc1ccc(CC(Cc2cccc(Br)c2)C(=O)O)c(Cl)c1. The molecule has 0 radical (unpaired) electrons. The summed E-state index contributed by atoms with van der Waals surface area (Å²) >= 11 is 9.61. The van der Waals surface area contributed by atoms with Crippen molar-refractivity contribution in [3.05, 3.63) is 68.7 Å². The van der Waals surface area contributed by atoms with Crippen LogP contribution in [0.5, 0.6) is 0 Å². The molecule has 0 fully saturated rings. The normalized spacial score (nSPS) is 12.1. The molecule has 110 valence electrons. The highest BCUT2D eigenvalue weighted by Crippen LogP contribution is 2.23. The standard InChI is InChI=1S/C17H16BrClO2/c1-11-5-6-13(16(19)7-11)10-14(17(20)21)8-12-3-2-4-15(18)9-12/h2-7,9,14H,8,10H2,1H3,(H,20,21). The summed E-state index contributed by atoms with van der Waals surface area (Å²) < 4.78 is 0.956. The molecule has 2 aromatic rings. The summed E-state index contributed by atoms with van der Waals surface area (Å²) in [4.78, 5) is 11.5. The Balaban J connectivity index is 2.18. The Hall–Kier alpha value is -1.32. The maximum Gasteiger partial charge on any atom is 0.307 e. The van der Waals surface area contributed by atoms with Crippen LogP contribution in [0.15, 0.2) is 46.9 Å². The molecular weight excluding hydrogens is 352 g/mol. The molecule has 0 aliphatic rings. The van der Waals surface area contributed by atoms with Crippen LogP contribution in [0.25, 0.3) is 0 Å². The van der Waals surface area contributed by atoms with Crippen molar-refractivity contribution in [2.75, 3.05) is 0 Å². The van der Waals surface area contributed by atoms with Crippen molar-refractivity contribution in [1.29, 1.82) is 0 Å². The summed E-state index contributed by atoms with van der Waals surface area (Å²) in [5, 5.41) is 10.1. The fraction of sp³-hybridized carbons (Fsp3) is 0.235. The number of rotatable bonds is 5. The van der Waals surface area contributed by atoms with Gasteiger partial charge in [0.25, 0.3) is 0 Å². The minimum absolute atomic E-state index is 0.432. The lowest BCUT2D eigenvalue weighted by molar-refractivity contribution is -0.141. The molecular formula is C17H16BrClO2. The van der Waals surface area contributed by atoms with E-state index in [2.05, 4.69) is 15.9 Å². The van der Waals surface area contributed by atoms with E-state index in [1.165, 1.54) is 0 Å². The first-order valence-electron chi connectivity index (χ1n) is 6.68. The van der Waals surface area contributed by atoms with Crippen molar-refractivity contribution < 1.29 is 9.90 Å². The first-order chi connectivity index (χ1) is 9.95. The van der Waals surface area contributed by atoms with Crippen LogP contribution >= 0.6 is 27.5 Å². The molecule has 21 heavy (non-hydrogen) atoms. The van der Waals surface area contributed by atoms with Crippen molar-refractivity contribution in [3.8, 4) is 0 Å². The number of hydrogen-bond acceptors (Lipinski definition) is 1. The number of halogens is 2. The lowest BCUT2D eigenvalue weighted by Gasteiger charge is -2.14. The second-order valence-corrected chi connectivity index (χ2v) is 6.49. The van der Waals surface area contributed by atoms with E-state index in [1.807, 2.05) is 49.4 Å². The summed E-state index contributed by atoms with van der Waals surface area (Å²) in [7, 11) is 0. The van der Waals surface area contributed by atoms with Crippen LogP contribution in [0.3, 0.4) is 0 Å². The molecule has 0 spiro atoms. The van der Waals surface area contributed by atoms with Gasteiger partial charge in [0.2, 0.25) is 0 Å². The summed E-state index contributed by atoms with van der Waals surface area (Å²) in [6.45, 7) is 1.96. The van der Waals surface area contributed by atoms with E-state index in [0.717, 1.165) is 21.2 Å². The van der Waals surface area contributed by atoms with Gasteiger partial charge in [0, 0.05) is 9.50 Å². The Bertz CT molecular complexity index is 655. The lowest BCUT2D eigenvalue weighted by Crippen LogP contribution is -2.19. The highest BCUT2D eigenvalue weighted by atomic mass is 79.9. The average Bonchev–Trinajstić information content (AvgIpc) is 2.40. The fourth-order valence-corrected chi connectivity index (χ4v) is 3.04. The van der Waals surface area contributed by atoms with Gasteiger partial charge in [-0.15, -0.1) is 0 Å². The molecule has 1 atom stereocenters. The predicted octanol–water partition coefficient (Wildman–Crippen LogP) is 4.90. The zero-order chi connectivity index (χ0) is 15.4. The minimum Gasteiger partial charge on any atom is -0.481 e. The van der Waals surface area contributed by atoms with Crippen molar-refractivity contribution in [2.45, 2.75) is 19.8 Å². The van der Waals surface area contributed by atoms with E-state index in [9.17, 15) is 9.90 Å². The van der Waals surface area contributed by atoms with Crippen LogP contribution < -0.4 is 0 Å². The molecule has 2 nitrogen and oxygen atoms in total. The van der Waals surface area contributed by atoms with E-state index < -0.39 is 11.9 Å². The Kier molecular flexibility index (Phi) is 5.43. The van der Waals surface area contributed by atoms with E-state index >= 15 is 0 Å². The quantitative estimate of drug-likeness (QED) is 0.816. The fourth-order valence-electron chi connectivity index (χ4n) is 2.28. The first kappa shape index (κ1) is 16.1. The number of aliphatic carboxylic acids is 1. The number of carbonyl (C=O) groups is 1. The number of aryl methyl sites for hydroxylation is 1. The summed E-state index contributed by atoms with van der Waals surface area (Å²) in [6.07, 6.45) is 0.917. The second-order valence-electron chi connectivity index (χ2n) is 5.17. The molecule has 1 N–H and O–H groups in total. The molecule has 2 rings (SSSR count). The molecule has 1 unspecified atom stereocenters. The van der Waals surface area contributed by atoms with E-state index in [4.69, 9.17) is 11.6 Å². The molecule has 0 aliphatic carbocycles. The Labute approximate surface area is 137 Å². The molecule has 0 heterocycles.